The SMILES string of the molecule is CCC[C@@H](C(=O)N[C@H](C(=O)N1CCC[C@H]1C(=O)N(C)[C@H]1C/C=C\CCN([C@@H](Cc2ccc(C(F)(F)F)cc2)C(=O)N(C)C(C(=O)O)C(C)(C)C)C1=O)[C@@H](C)CC)N(C)C(=O)C[C@@H](C(=O)N(C)C)N(C)C(=O)[C@H](C1CCCC1)N(C)C(=O)C1(N(C)C(=O)[C@@H]2C[C@@H](OCC)CN2C(=O)[C@H](CCc2ccc(C(F)(F)F)c(OC)c2)NC(=O)OCc2ccccc2)CCC1. The molecule has 0 spiro atoms. The van der Waals surface area contributed by atoms with Crippen LogP contribution in [0.4, 0.5) is 31.1 Å². The van der Waals surface area contributed by atoms with Crippen molar-refractivity contribution in [1.29, 1.82) is 0 Å². The number of benzene rings is 3. The van der Waals surface area contributed by atoms with Gasteiger partial charge in [-0.3, -0.25) is 52.7 Å². The molecule has 3 heterocycles. The summed E-state index contributed by atoms with van der Waals surface area (Å²) in [6.07, 6.45) is -4.58. The number of carbonyl (C=O) groups is 13. The minimum atomic E-state index is -4.74. The third kappa shape index (κ3) is 23.9. The first-order valence-corrected chi connectivity index (χ1v) is 43.2. The number of hydrogen-bond acceptors (Lipinski definition) is 16. The number of rotatable bonds is 36. The van der Waals surface area contributed by atoms with Crippen LogP contribution in [0.3, 0.4) is 0 Å². The number of nitrogens with zero attached hydrogens (tertiary/aromatic N) is 10. The Bertz CT molecular complexity index is 4350. The summed E-state index contributed by atoms with van der Waals surface area (Å²) in [5.41, 5.74) is -3.40. The molecule has 125 heavy (non-hydrogen) atoms. The molecule has 0 bridgehead atoms. The monoisotopic (exact) mass is 1760 g/mol. The van der Waals surface area contributed by atoms with E-state index in [2.05, 4.69) is 10.6 Å². The van der Waals surface area contributed by atoms with Gasteiger partial charge >= 0.3 is 24.4 Å². The molecule has 690 valence electrons. The molecule has 1 unspecified atom stereocenters. The summed E-state index contributed by atoms with van der Waals surface area (Å²) in [5.74, 6) is -10.6. The van der Waals surface area contributed by atoms with E-state index in [1.54, 1.807) is 91.0 Å². The van der Waals surface area contributed by atoms with E-state index in [4.69, 9.17) is 14.2 Å². The Morgan fingerprint density at radius 3 is 1.88 bits per heavy atom. The number of aliphatic carboxylic acids is 1. The van der Waals surface area contributed by atoms with E-state index >= 15 is 43.2 Å². The van der Waals surface area contributed by atoms with Gasteiger partial charge < -0.3 is 78.9 Å². The first-order chi connectivity index (χ1) is 58.8. The third-order valence-electron chi connectivity index (χ3n) is 25.6. The minimum Gasteiger partial charge on any atom is -0.496 e. The van der Waals surface area contributed by atoms with Crippen molar-refractivity contribution in [3.05, 3.63) is 113 Å². The lowest BCUT2D eigenvalue weighted by Crippen LogP contribution is -2.68. The maximum atomic E-state index is 15.8. The third-order valence-corrected chi connectivity index (χ3v) is 25.6. The number of halogens is 6. The standard InChI is InChI=1S/C90H126F6N12O17/c1-17-30-64(75(110)98-72(55(4)18-2)82(117)106-48-28-36-66(106)78(113)101(11)65-35-24-21-27-47-107(81(65)116)68(49-56-37-41-60(42-38-56)89(91,92)93)79(114)104(14)74(84(119)120)87(5,6)7)100(10)71(109)52-67(77(112)99(8)9)102(12)83(118)73(59-33-25-26-34-59)103(13)85(121)88(45-29-46-88)105(15)80(115)69-51-61(124-19-3)53-108(69)76(111)63(97-86(122)125-54-58-31-22-20-23-32-58)44-40-57-39-43-62(90(94,95)96)70(50-57)123-16/h20-24,31-32,37-39,41-43,50,55,59,61,63-69,72-74H,17-19,25-30,33-36,40,44-49,51-54H2,1-16H3,(H,97,122)(H,98,110)(H,119,120)/b24-21-/t55-,61+,63-,64-,65-,66-,67-,68-,69-,72-,73-,74?/m0/s1. The predicted octanol–water partition coefficient (Wildman–Crippen LogP) is 9.39. The van der Waals surface area contributed by atoms with Crippen molar-refractivity contribution in [1.82, 2.24) is 59.6 Å². The summed E-state index contributed by atoms with van der Waals surface area (Å²) in [6, 6.07) is 2.58. The van der Waals surface area contributed by atoms with Gasteiger partial charge in [0.1, 0.15) is 78.3 Å². The quantitative estimate of drug-likeness (QED) is 0.0360. The summed E-state index contributed by atoms with van der Waals surface area (Å²) in [5, 5.41) is 16.0. The van der Waals surface area contributed by atoms with Crippen molar-refractivity contribution in [3.63, 3.8) is 0 Å². The number of methoxy groups -OCH3 is 1. The molecule has 0 aromatic heterocycles. The van der Waals surface area contributed by atoms with Crippen LogP contribution in [-0.4, -0.2) is 293 Å². The van der Waals surface area contributed by atoms with Gasteiger partial charge in [-0.15, -0.1) is 0 Å². The highest BCUT2D eigenvalue weighted by Crippen LogP contribution is 2.44. The molecule has 3 aliphatic heterocycles. The molecule has 12 amide bonds. The lowest BCUT2D eigenvalue weighted by Gasteiger charge is -2.51. The zero-order chi connectivity index (χ0) is 92.7. The number of amides is 12. The van der Waals surface area contributed by atoms with Crippen LogP contribution in [0.5, 0.6) is 5.75 Å². The van der Waals surface area contributed by atoms with Gasteiger partial charge in [-0.05, 0) is 142 Å². The number of likely N-dealkylation sites (N-methyl/N-ethyl adjacent to an activating group) is 7. The summed E-state index contributed by atoms with van der Waals surface area (Å²) >= 11 is 0. The van der Waals surface area contributed by atoms with Crippen LogP contribution < -0.4 is 15.4 Å². The van der Waals surface area contributed by atoms with Gasteiger partial charge in [-0.1, -0.05) is 128 Å². The molecule has 3 N–H and O–H groups in total. The van der Waals surface area contributed by atoms with Crippen LogP contribution in [0.25, 0.3) is 0 Å². The van der Waals surface area contributed by atoms with E-state index in [1.807, 2.05) is 0 Å². The highest BCUT2D eigenvalue weighted by molar-refractivity contribution is 6.01. The van der Waals surface area contributed by atoms with E-state index in [-0.39, 0.29) is 103 Å². The summed E-state index contributed by atoms with van der Waals surface area (Å²) in [6.45, 7) is 11.7. The first-order valence-electron chi connectivity index (χ1n) is 43.2. The fourth-order valence-corrected chi connectivity index (χ4v) is 18.0. The number of ether oxygens (including phenoxy) is 3. The van der Waals surface area contributed by atoms with Gasteiger partial charge in [0.25, 0.3) is 0 Å². The first kappa shape index (κ1) is 100. The van der Waals surface area contributed by atoms with Crippen molar-refractivity contribution < 1.29 is 108 Å². The number of carboxylic acid groups (broad SMARTS) is 1. The Morgan fingerprint density at radius 2 is 1.31 bits per heavy atom. The fraction of sp³-hybridized carbons (Fsp3) is 0.633. The Kier molecular flexibility index (Phi) is 34.6. The Labute approximate surface area is 728 Å². The van der Waals surface area contributed by atoms with Crippen molar-refractivity contribution in [2.45, 2.75) is 261 Å². The lowest BCUT2D eigenvalue weighted by molar-refractivity contribution is -0.166. The number of hydrogen-bond donors (Lipinski definition) is 3. The smallest absolute Gasteiger partial charge is 0.419 e. The summed E-state index contributed by atoms with van der Waals surface area (Å²) in [4.78, 5) is 206. The predicted molar refractivity (Wildman–Crippen MR) is 450 cm³/mol. The lowest BCUT2D eigenvalue weighted by atomic mass is 9.73. The second kappa shape index (κ2) is 43.2. The highest BCUT2D eigenvalue weighted by atomic mass is 19.4. The largest absolute Gasteiger partial charge is 0.496 e. The van der Waals surface area contributed by atoms with E-state index in [1.165, 1.54) is 115 Å². The molecule has 35 heteroatoms. The average Bonchev–Trinajstić information content (AvgIpc) is 1.74. The number of nitrogens with one attached hydrogen (secondary N) is 2. The number of carboxylic acids is 1. The van der Waals surface area contributed by atoms with Crippen molar-refractivity contribution >= 4 is 77.0 Å². The molecule has 0 radical (unpaired) electrons. The molecule has 5 aliphatic rings. The van der Waals surface area contributed by atoms with Crippen molar-refractivity contribution in [3.8, 4) is 5.75 Å². The van der Waals surface area contributed by atoms with Crippen molar-refractivity contribution in [2.75, 3.05) is 89.7 Å². The maximum absolute atomic E-state index is 15.8. The molecule has 8 rings (SSSR count). The highest BCUT2D eigenvalue weighted by Gasteiger charge is 2.57. The molecule has 29 nitrogen and oxygen atoms in total. The number of alkyl halides is 6. The molecule has 3 aromatic rings. The van der Waals surface area contributed by atoms with Crippen molar-refractivity contribution in [2.24, 2.45) is 17.3 Å². The molecule has 12 atom stereocenters. The van der Waals surface area contributed by atoms with Gasteiger partial charge in [0.2, 0.25) is 65.0 Å². The number of carbonyl (C=O) groups excluding carboxylic acids is 12. The Morgan fingerprint density at radius 1 is 0.664 bits per heavy atom. The second-order valence-electron chi connectivity index (χ2n) is 35.1. The summed E-state index contributed by atoms with van der Waals surface area (Å²) < 4.78 is 100. The van der Waals surface area contributed by atoms with E-state index in [0.29, 0.717) is 62.5 Å². The fourth-order valence-electron chi connectivity index (χ4n) is 18.0. The average molecular weight is 1760 g/mol. The van der Waals surface area contributed by atoms with Gasteiger partial charge in [-0.2, -0.15) is 26.3 Å². The van der Waals surface area contributed by atoms with Crippen LogP contribution in [0, 0.1) is 17.3 Å². The summed E-state index contributed by atoms with van der Waals surface area (Å²) in [7, 11) is 12.3. The van der Waals surface area contributed by atoms with E-state index in [0.717, 1.165) is 40.0 Å². The number of alkyl carbamates (subject to hydrolysis) is 1. The molecule has 3 aromatic carbocycles. The molecule has 2 saturated heterocycles. The van der Waals surface area contributed by atoms with Gasteiger partial charge in [0, 0.05) is 95.5 Å². The maximum Gasteiger partial charge on any atom is 0.419 e. The van der Waals surface area contributed by atoms with Gasteiger partial charge in [0.15, 0.2) is 0 Å². The second-order valence-corrected chi connectivity index (χ2v) is 35.1. The van der Waals surface area contributed by atoms with E-state index in [9.17, 15) is 50.6 Å². The zero-order valence-electron chi connectivity index (χ0n) is 74.8. The van der Waals surface area contributed by atoms with Crippen LogP contribution in [0.1, 0.15) is 185 Å². The van der Waals surface area contributed by atoms with Crippen LogP contribution in [0.2, 0.25) is 0 Å². The molecule has 4 fully saturated rings. The molecular weight excluding hydrogens is 1640 g/mol. The minimum absolute atomic E-state index is 0.0382. The van der Waals surface area contributed by atoms with Crippen LogP contribution in [-0.2, 0) is 98.8 Å². The topological polar surface area (TPSA) is 326 Å². The van der Waals surface area contributed by atoms with Gasteiger partial charge in [0.05, 0.1) is 30.8 Å². The van der Waals surface area contributed by atoms with Gasteiger partial charge in [-0.25, -0.2) is 9.59 Å². The Balaban J connectivity index is 0.998. The molecule has 2 aliphatic carbocycles. The normalized spacial score (nSPS) is 20.1. The zero-order valence-corrected chi connectivity index (χ0v) is 74.8. The molecular formula is C90H126F6N12O17. The number of likely N-dealkylation sites (tertiary alicyclic amines) is 2. The number of aryl methyl sites for hydroxylation is 1. The van der Waals surface area contributed by atoms with Crippen LogP contribution in [0.15, 0.2) is 84.9 Å². The molecule has 2 saturated carbocycles. The Hall–Kier alpha value is -10.4. The van der Waals surface area contributed by atoms with E-state index < -0.39 is 202 Å². The van der Waals surface area contributed by atoms with Crippen LogP contribution >= 0.6 is 0 Å².